The van der Waals surface area contributed by atoms with Gasteiger partial charge in [0.25, 0.3) is 0 Å². The van der Waals surface area contributed by atoms with Crippen LogP contribution in [-0.2, 0) is 19.1 Å². The molecule has 0 saturated carbocycles. The molecule has 0 radical (unpaired) electrons. The first-order chi connectivity index (χ1) is 13.6. The molecule has 1 rings (SSSR count). The number of carbonyl (C=O) groups excluding carboxylic acids is 3. The van der Waals surface area contributed by atoms with Crippen LogP contribution < -0.4 is 10.6 Å². The number of alkyl halides is 1. The van der Waals surface area contributed by atoms with E-state index in [-0.39, 0.29) is 39.5 Å². The van der Waals surface area contributed by atoms with Crippen LogP contribution >= 0.6 is 22.6 Å². The van der Waals surface area contributed by atoms with Crippen LogP contribution in [0.4, 0.5) is 0 Å². The Balaban J connectivity index is 3.09. The molecule has 1 aliphatic rings. The van der Waals surface area contributed by atoms with Crippen molar-refractivity contribution in [2.45, 2.75) is 63.8 Å². The van der Waals surface area contributed by atoms with Crippen LogP contribution in [0.5, 0.6) is 0 Å². The minimum Gasteiger partial charge on any atom is -0.463 e. The zero-order chi connectivity index (χ0) is 22.0. The highest BCUT2D eigenvalue weighted by Crippen LogP contribution is 2.26. The number of amides is 2. The SMILES string of the molecule is CCOC(=O)/C=C/[C@H](C[C@@H]1CCNC1=O)[C@H](CC=C(C)C)NC(=O)[C@@H](I)C(C)C. The first-order valence-corrected chi connectivity index (χ1v) is 11.6. The molecule has 7 heteroatoms. The third-order valence-electron chi connectivity index (χ3n) is 4.95. The van der Waals surface area contributed by atoms with Gasteiger partial charge in [0.15, 0.2) is 0 Å². The molecule has 4 atom stereocenters. The van der Waals surface area contributed by atoms with Crippen molar-refractivity contribution in [2.75, 3.05) is 13.2 Å². The summed E-state index contributed by atoms with van der Waals surface area (Å²) in [5.74, 6) is -0.426. The van der Waals surface area contributed by atoms with E-state index in [1.807, 2.05) is 27.7 Å². The molecule has 1 fully saturated rings. The highest BCUT2D eigenvalue weighted by Gasteiger charge is 2.31. The van der Waals surface area contributed by atoms with Crippen molar-refractivity contribution >= 4 is 40.4 Å². The summed E-state index contributed by atoms with van der Waals surface area (Å²) in [6.45, 7) is 10.8. The van der Waals surface area contributed by atoms with Crippen molar-refractivity contribution in [2.24, 2.45) is 17.8 Å². The Kier molecular flexibility index (Phi) is 11.5. The largest absolute Gasteiger partial charge is 0.463 e. The van der Waals surface area contributed by atoms with Crippen molar-refractivity contribution in [3.63, 3.8) is 0 Å². The van der Waals surface area contributed by atoms with Crippen LogP contribution in [0.25, 0.3) is 0 Å². The van der Waals surface area contributed by atoms with Gasteiger partial charge in [-0.2, -0.15) is 0 Å². The lowest BCUT2D eigenvalue weighted by Crippen LogP contribution is -2.45. The van der Waals surface area contributed by atoms with Crippen LogP contribution in [0.1, 0.15) is 53.9 Å². The molecule has 6 nitrogen and oxygen atoms in total. The van der Waals surface area contributed by atoms with Crippen LogP contribution in [0.3, 0.4) is 0 Å². The second-order valence-corrected chi connectivity index (χ2v) is 9.41. The second-order valence-electron chi connectivity index (χ2n) is 8.07. The van der Waals surface area contributed by atoms with Crippen LogP contribution in [-0.4, -0.2) is 40.9 Å². The lowest BCUT2D eigenvalue weighted by Gasteiger charge is -2.28. The number of hydrogen-bond acceptors (Lipinski definition) is 4. The Morgan fingerprint density at radius 1 is 1.34 bits per heavy atom. The predicted octanol–water partition coefficient (Wildman–Crippen LogP) is 3.55. The molecule has 1 saturated heterocycles. The highest BCUT2D eigenvalue weighted by atomic mass is 127. The minimum absolute atomic E-state index is 0.0156. The van der Waals surface area contributed by atoms with Crippen molar-refractivity contribution in [3.05, 3.63) is 23.8 Å². The Morgan fingerprint density at radius 2 is 2.03 bits per heavy atom. The van der Waals surface area contributed by atoms with E-state index in [1.54, 1.807) is 13.0 Å². The minimum atomic E-state index is -0.408. The summed E-state index contributed by atoms with van der Waals surface area (Å²) >= 11 is 2.17. The zero-order valence-corrected chi connectivity index (χ0v) is 20.3. The molecule has 0 spiro atoms. The first-order valence-electron chi connectivity index (χ1n) is 10.4. The van der Waals surface area contributed by atoms with Crippen molar-refractivity contribution in [1.29, 1.82) is 0 Å². The number of allylic oxidation sites excluding steroid dienone is 1. The van der Waals surface area contributed by atoms with Crippen molar-refractivity contribution < 1.29 is 19.1 Å². The normalized spacial score (nSPS) is 19.6. The van der Waals surface area contributed by atoms with E-state index in [9.17, 15) is 14.4 Å². The van der Waals surface area contributed by atoms with Gasteiger partial charge in [0.05, 0.1) is 10.5 Å². The number of nitrogens with one attached hydrogen (secondary N) is 2. The van der Waals surface area contributed by atoms with Gasteiger partial charge in [-0.15, -0.1) is 0 Å². The van der Waals surface area contributed by atoms with Crippen LogP contribution in [0.2, 0.25) is 0 Å². The number of hydrogen-bond donors (Lipinski definition) is 2. The molecule has 1 heterocycles. The van der Waals surface area contributed by atoms with Crippen molar-refractivity contribution in [3.8, 4) is 0 Å². The van der Waals surface area contributed by atoms with E-state index in [0.29, 0.717) is 26.0 Å². The first kappa shape index (κ1) is 25.7. The molecule has 2 N–H and O–H groups in total. The molecule has 0 aromatic carbocycles. The summed E-state index contributed by atoms with van der Waals surface area (Å²) in [7, 11) is 0. The van der Waals surface area contributed by atoms with Crippen LogP contribution in [0, 0.1) is 17.8 Å². The Morgan fingerprint density at radius 3 is 2.55 bits per heavy atom. The smallest absolute Gasteiger partial charge is 0.330 e. The maximum atomic E-state index is 12.8. The van der Waals surface area contributed by atoms with E-state index in [0.717, 1.165) is 12.0 Å². The maximum absolute atomic E-state index is 12.8. The second kappa shape index (κ2) is 13.0. The topological polar surface area (TPSA) is 84.5 Å². The summed E-state index contributed by atoms with van der Waals surface area (Å²) in [5.41, 5.74) is 1.16. The van der Waals surface area contributed by atoms with Gasteiger partial charge in [0.2, 0.25) is 11.8 Å². The van der Waals surface area contributed by atoms with Gasteiger partial charge in [0, 0.05) is 24.6 Å². The Bertz CT molecular complexity index is 626. The third-order valence-corrected chi connectivity index (χ3v) is 6.95. The molecule has 0 aromatic heterocycles. The van der Waals surface area contributed by atoms with Gasteiger partial charge in [-0.3, -0.25) is 9.59 Å². The number of halogens is 1. The number of esters is 1. The monoisotopic (exact) mass is 518 g/mol. The van der Waals surface area contributed by atoms with E-state index >= 15 is 0 Å². The lowest BCUT2D eigenvalue weighted by atomic mass is 9.85. The number of rotatable bonds is 11. The average molecular weight is 518 g/mol. The van der Waals surface area contributed by atoms with Gasteiger partial charge in [-0.25, -0.2) is 4.79 Å². The lowest BCUT2D eigenvalue weighted by molar-refractivity contribution is -0.137. The quantitative estimate of drug-likeness (QED) is 0.144. The summed E-state index contributed by atoms with van der Waals surface area (Å²) < 4.78 is 4.86. The fourth-order valence-electron chi connectivity index (χ4n) is 3.24. The third kappa shape index (κ3) is 9.31. The van der Waals surface area contributed by atoms with Crippen molar-refractivity contribution in [1.82, 2.24) is 10.6 Å². The van der Waals surface area contributed by atoms with Crippen LogP contribution in [0.15, 0.2) is 23.8 Å². The fraction of sp³-hybridized carbons (Fsp3) is 0.682. The Labute approximate surface area is 188 Å². The standard InChI is InChI=1S/C22H35IN2O4/c1-6-29-19(26)10-8-16(13-17-11-12-24-21(17)27)18(9-7-14(2)3)25-22(28)20(23)15(4)5/h7-8,10,15-18,20H,6,9,11-13H2,1-5H3,(H,24,27)(H,25,28)/b10-8+/t16-,17+,18+,20+/m1/s1. The Hall–Kier alpha value is -1.38. The van der Waals surface area contributed by atoms with Gasteiger partial charge in [-0.1, -0.05) is 54.2 Å². The number of carbonyl (C=O) groups is 3. The number of ether oxygens (including phenoxy) is 1. The molecular formula is C22H35IN2O4. The average Bonchev–Trinajstić information content (AvgIpc) is 3.05. The summed E-state index contributed by atoms with van der Waals surface area (Å²) in [4.78, 5) is 36.8. The highest BCUT2D eigenvalue weighted by molar-refractivity contribution is 14.1. The molecule has 164 valence electrons. The molecule has 0 bridgehead atoms. The fourth-order valence-corrected chi connectivity index (χ4v) is 3.42. The maximum Gasteiger partial charge on any atom is 0.330 e. The summed E-state index contributed by atoms with van der Waals surface area (Å²) in [6.07, 6.45) is 7.30. The zero-order valence-electron chi connectivity index (χ0n) is 18.2. The van der Waals surface area contributed by atoms with Gasteiger partial charge >= 0.3 is 5.97 Å². The molecule has 1 aliphatic heterocycles. The molecular weight excluding hydrogens is 483 g/mol. The van der Waals surface area contributed by atoms with Gasteiger partial charge < -0.3 is 15.4 Å². The molecule has 0 aliphatic carbocycles. The predicted molar refractivity (Wildman–Crippen MR) is 124 cm³/mol. The van der Waals surface area contributed by atoms with E-state index < -0.39 is 5.97 Å². The summed E-state index contributed by atoms with van der Waals surface area (Å²) in [5, 5.41) is 6.04. The van der Waals surface area contributed by atoms with E-state index in [4.69, 9.17) is 4.74 Å². The van der Waals surface area contributed by atoms with Gasteiger partial charge in [0.1, 0.15) is 0 Å². The summed E-state index contributed by atoms with van der Waals surface area (Å²) in [6, 6.07) is -0.201. The molecule has 2 amide bonds. The molecule has 0 aromatic rings. The molecule has 0 unspecified atom stereocenters. The van der Waals surface area contributed by atoms with E-state index in [1.165, 1.54) is 6.08 Å². The van der Waals surface area contributed by atoms with Gasteiger partial charge in [-0.05, 0) is 51.9 Å². The van der Waals surface area contributed by atoms with E-state index in [2.05, 4.69) is 39.3 Å². The molecule has 29 heavy (non-hydrogen) atoms.